The van der Waals surface area contributed by atoms with E-state index in [1.165, 1.54) is 25.7 Å². The van der Waals surface area contributed by atoms with E-state index in [4.69, 9.17) is 4.98 Å². The van der Waals surface area contributed by atoms with Crippen LogP contribution in [0.2, 0.25) is 0 Å². The van der Waals surface area contributed by atoms with E-state index in [2.05, 4.69) is 88.8 Å². The van der Waals surface area contributed by atoms with E-state index in [9.17, 15) is 0 Å². The van der Waals surface area contributed by atoms with Gasteiger partial charge in [0.1, 0.15) is 11.5 Å². The van der Waals surface area contributed by atoms with Crippen LogP contribution in [0.3, 0.4) is 0 Å². The van der Waals surface area contributed by atoms with Crippen LogP contribution in [-0.2, 0) is 5.41 Å². The summed E-state index contributed by atoms with van der Waals surface area (Å²) in [6, 6.07) is 39.5. The molecule has 1 unspecified atom stereocenters. The zero-order chi connectivity index (χ0) is 32.1. The predicted molar refractivity (Wildman–Crippen MR) is 197 cm³/mol. The van der Waals surface area contributed by atoms with Gasteiger partial charge in [0.25, 0.3) is 0 Å². The highest BCUT2D eigenvalue weighted by Gasteiger charge is 2.38. The molecular formula is C42H29FN4S. The van der Waals surface area contributed by atoms with Gasteiger partial charge in [-0.1, -0.05) is 80.6 Å². The number of hydrogen-bond acceptors (Lipinski definition) is 4. The van der Waals surface area contributed by atoms with Gasteiger partial charge in [-0.25, -0.2) is 14.4 Å². The van der Waals surface area contributed by atoms with E-state index in [1.807, 2.05) is 78.3 Å². The van der Waals surface area contributed by atoms with Gasteiger partial charge in [0.05, 0.1) is 11.2 Å². The van der Waals surface area contributed by atoms with Crippen LogP contribution in [0.15, 0.2) is 134 Å². The van der Waals surface area contributed by atoms with E-state index in [0.717, 1.165) is 50.1 Å². The van der Waals surface area contributed by atoms with E-state index < -0.39 is 6.17 Å². The minimum absolute atomic E-state index is 0.270. The van der Waals surface area contributed by atoms with Gasteiger partial charge in [-0.2, -0.15) is 0 Å². The molecule has 0 bridgehead atoms. The maximum absolute atomic E-state index is 16.8. The predicted octanol–water partition coefficient (Wildman–Crippen LogP) is 11.6. The quantitative estimate of drug-likeness (QED) is 0.180. The van der Waals surface area contributed by atoms with Crippen molar-refractivity contribution in [1.82, 2.24) is 14.4 Å². The lowest BCUT2D eigenvalue weighted by Gasteiger charge is -2.41. The zero-order valence-corrected chi connectivity index (χ0v) is 27.2. The number of pyridine rings is 2. The third-order valence-corrected chi connectivity index (χ3v) is 11.3. The molecule has 6 heteroatoms. The fourth-order valence-electron chi connectivity index (χ4n) is 7.79. The monoisotopic (exact) mass is 640 g/mol. The molecule has 4 nitrogen and oxygen atoms in total. The van der Waals surface area contributed by atoms with Crippen LogP contribution in [0.5, 0.6) is 0 Å². The number of para-hydroxylation sites is 1. The van der Waals surface area contributed by atoms with Crippen LogP contribution in [0, 0.1) is 0 Å². The smallest absolute Gasteiger partial charge is 0.150 e. The number of imidazole rings is 1. The summed E-state index contributed by atoms with van der Waals surface area (Å²) < 4.78 is 21.4. The number of thiophene rings is 1. The van der Waals surface area contributed by atoms with E-state index in [1.54, 1.807) is 6.20 Å². The summed E-state index contributed by atoms with van der Waals surface area (Å²) in [6.45, 7) is 4.55. The molecule has 48 heavy (non-hydrogen) atoms. The molecule has 0 radical (unpaired) electrons. The van der Waals surface area contributed by atoms with Crippen molar-refractivity contribution in [2.24, 2.45) is 0 Å². The van der Waals surface area contributed by atoms with Crippen molar-refractivity contribution in [2.75, 3.05) is 4.90 Å². The first-order valence-corrected chi connectivity index (χ1v) is 17.0. The number of rotatable bonds is 3. The van der Waals surface area contributed by atoms with Crippen LogP contribution in [-0.4, -0.2) is 14.4 Å². The molecule has 10 rings (SSSR count). The molecule has 4 aromatic heterocycles. The van der Waals surface area contributed by atoms with Crippen LogP contribution in [0.4, 0.5) is 21.6 Å². The lowest BCUT2D eigenvalue weighted by atomic mass is 9.74. The molecular weight excluding hydrogens is 612 g/mol. The van der Waals surface area contributed by atoms with Crippen LogP contribution < -0.4 is 4.90 Å². The van der Waals surface area contributed by atoms with Crippen molar-refractivity contribution >= 4 is 76.0 Å². The van der Waals surface area contributed by atoms with Crippen molar-refractivity contribution in [3.63, 3.8) is 0 Å². The summed E-state index contributed by atoms with van der Waals surface area (Å²) in [7, 11) is 0. The van der Waals surface area contributed by atoms with Gasteiger partial charge in [0, 0.05) is 66.2 Å². The Kier molecular flexibility index (Phi) is 5.71. The topological polar surface area (TPSA) is 33.4 Å². The first-order chi connectivity index (χ1) is 23.5. The SMILES string of the molecule is CC1(C)c2cc3sc4ccccc4c3cc2N(c2cccc(C(F)c3ccc4c5ccccc5n5ccnc5c4c3)c2)c2ncccc21. The molecule has 0 fully saturated rings. The molecule has 0 aliphatic carbocycles. The molecule has 230 valence electrons. The Bertz CT molecular complexity index is 2760. The van der Waals surface area contributed by atoms with Gasteiger partial charge in [0.2, 0.25) is 0 Å². The third kappa shape index (κ3) is 3.81. The number of alkyl halides is 1. The van der Waals surface area contributed by atoms with E-state index in [0.29, 0.717) is 11.1 Å². The molecule has 1 atom stereocenters. The van der Waals surface area contributed by atoms with Crippen molar-refractivity contribution in [3.05, 3.63) is 156 Å². The summed E-state index contributed by atoms with van der Waals surface area (Å²) in [5.74, 6) is 0.876. The van der Waals surface area contributed by atoms with Crippen molar-refractivity contribution in [2.45, 2.75) is 25.4 Å². The molecule has 0 amide bonds. The number of benzene rings is 5. The fourth-order valence-corrected chi connectivity index (χ4v) is 8.92. The zero-order valence-electron chi connectivity index (χ0n) is 26.4. The minimum atomic E-state index is -1.33. The minimum Gasteiger partial charge on any atom is -0.299 e. The maximum atomic E-state index is 16.8. The molecule has 1 aliphatic rings. The Balaban J connectivity index is 1.14. The summed E-state index contributed by atoms with van der Waals surface area (Å²) in [6.07, 6.45) is 4.29. The van der Waals surface area contributed by atoms with E-state index in [-0.39, 0.29) is 5.41 Å². The van der Waals surface area contributed by atoms with Crippen LogP contribution in [0.25, 0.3) is 47.5 Å². The number of fused-ring (bicyclic) bond motifs is 11. The average molecular weight is 641 g/mol. The Morgan fingerprint density at radius 2 is 1.48 bits per heavy atom. The normalized spacial score (nSPS) is 14.6. The molecule has 0 spiro atoms. The number of nitrogens with zero attached hydrogens (tertiary/aromatic N) is 4. The van der Waals surface area contributed by atoms with Crippen molar-refractivity contribution in [1.29, 1.82) is 0 Å². The Morgan fingerprint density at radius 3 is 2.40 bits per heavy atom. The standard InChI is InChI=1S/C42H29FN4S/c1-42(2)33-13-8-18-44-41(33)47(36-23-31-30-12-4-6-15-37(30)48-38(31)24-34(36)42)27-10-7-9-25(21-27)39(43)26-16-17-28-29-11-3-5-14-35(29)46-20-19-45-40(46)32(28)22-26/h3-24,39H,1-2H3. The molecule has 1 aliphatic heterocycles. The Hall–Kier alpha value is -5.59. The summed E-state index contributed by atoms with van der Waals surface area (Å²) in [5.41, 5.74) is 7.17. The van der Waals surface area contributed by atoms with E-state index >= 15 is 4.39 Å². The highest BCUT2D eigenvalue weighted by atomic mass is 32.1. The Labute approximate surface area is 280 Å². The van der Waals surface area contributed by atoms with Gasteiger partial charge >= 0.3 is 0 Å². The maximum Gasteiger partial charge on any atom is 0.150 e. The highest BCUT2D eigenvalue weighted by molar-refractivity contribution is 7.25. The Morgan fingerprint density at radius 1 is 0.646 bits per heavy atom. The number of aromatic nitrogens is 3. The fraction of sp³-hybridized carbons (Fsp3) is 0.0952. The first kappa shape index (κ1) is 27.5. The first-order valence-electron chi connectivity index (χ1n) is 16.2. The molecule has 5 heterocycles. The van der Waals surface area contributed by atoms with Gasteiger partial charge in [-0.3, -0.25) is 9.30 Å². The molecule has 0 N–H and O–H groups in total. The second-order valence-electron chi connectivity index (χ2n) is 13.2. The van der Waals surface area contributed by atoms with Gasteiger partial charge in [0.15, 0.2) is 6.17 Å². The number of anilines is 3. The molecule has 9 aromatic rings. The van der Waals surface area contributed by atoms with Crippen molar-refractivity contribution < 1.29 is 4.39 Å². The molecule has 0 saturated carbocycles. The largest absolute Gasteiger partial charge is 0.299 e. The van der Waals surface area contributed by atoms with Crippen molar-refractivity contribution in [3.8, 4) is 0 Å². The second kappa shape index (κ2) is 9.96. The van der Waals surface area contributed by atoms with Gasteiger partial charge in [-0.15, -0.1) is 11.3 Å². The number of hydrogen-bond donors (Lipinski definition) is 0. The van der Waals surface area contributed by atoms with Crippen LogP contribution >= 0.6 is 11.3 Å². The summed E-state index contributed by atoms with van der Waals surface area (Å²) >= 11 is 1.83. The molecule has 0 saturated heterocycles. The van der Waals surface area contributed by atoms with Crippen LogP contribution in [0.1, 0.15) is 42.3 Å². The van der Waals surface area contributed by atoms with Gasteiger partial charge in [-0.05, 0) is 70.6 Å². The highest BCUT2D eigenvalue weighted by Crippen LogP contribution is 2.53. The second-order valence-corrected chi connectivity index (χ2v) is 14.3. The summed E-state index contributed by atoms with van der Waals surface area (Å²) in [5, 5.41) is 5.59. The van der Waals surface area contributed by atoms with Gasteiger partial charge < -0.3 is 0 Å². The number of halogens is 1. The summed E-state index contributed by atoms with van der Waals surface area (Å²) in [4.78, 5) is 11.8. The third-order valence-electron chi connectivity index (χ3n) is 10.2. The average Bonchev–Trinajstić information content (AvgIpc) is 3.77. The lowest BCUT2D eigenvalue weighted by molar-refractivity contribution is 0.402. The molecule has 5 aromatic carbocycles. The lowest BCUT2D eigenvalue weighted by Crippen LogP contribution is -2.31.